The van der Waals surface area contributed by atoms with Crippen LogP contribution in [0.5, 0.6) is 0 Å². The molecule has 0 bridgehead atoms. The van der Waals surface area contributed by atoms with Crippen LogP contribution < -0.4 is 0 Å². The molecular weight excluding hydrogens is 183 g/mol. The molecule has 0 heterocycles. The molecule has 0 fully saturated rings. The molecule has 0 N–H and O–H groups in total. The van der Waals surface area contributed by atoms with Gasteiger partial charge in [-0.1, -0.05) is 0 Å². The van der Waals surface area contributed by atoms with Gasteiger partial charge in [-0.05, 0) is 13.8 Å². The van der Waals surface area contributed by atoms with Crippen LogP contribution in [0, 0.1) is 0 Å². The molecule has 0 aliphatic rings. The summed E-state index contributed by atoms with van der Waals surface area (Å²) in [7, 11) is -1.13. The summed E-state index contributed by atoms with van der Waals surface area (Å²) in [5.41, 5.74) is 0. The van der Waals surface area contributed by atoms with Gasteiger partial charge in [-0.3, -0.25) is 18.4 Å². The Balaban J connectivity index is 4.22. The molecular formula is C6H13O5P. The van der Waals surface area contributed by atoms with Crippen molar-refractivity contribution in [3.8, 4) is 0 Å². The lowest BCUT2D eigenvalue weighted by atomic mass is 10.3. The average molecular weight is 196 g/mol. The maximum Gasteiger partial charge on any atom is 0.474 e. The van der Waals surface area contributed by atoms with E-state index in [-0.39, 0.29) is 5.78 Å². The Morgan fingerprint density at radius 3 is 2.00 bits per heavy atom. The largest absolute Gasteiger partial charge is 0.474 e. The molecule has 0 saturated carbocycles. The number of rotatable bonds is 5. The Morgan fingerprint density at radius 1 is 1.33 bits per heavy atom. The van der Waals surface area contributed by atoms with Crippen LogP contribution in [0.1, 0.15) is 13.8 Å². The van der Waals surface area contributed by atoms with Gasteiger partial charge in [0.2, 0.25) is 0 Å². The number of phosphoric acid groups is 1. The summed E-state index contributed by atoms with van der Waals surface area (Å²) in [6, 6.07) is 0. The van der Waals surface area contributed by atoms with Gasteiger partial charge in [0, 0.05) is 14.2 Å². The van der Waals surface area contributed by atoms with Crippen molar-refractivity contribution in [3.63, 3.8) is 0 Å². The number of ketones is 1. The molecule has 0 aromatic rings. The zero-order chi connectivity index (χ0) is 9.78. The predicted octanol–water partition coefficient (Wildman–Crippen LogP) is 1.38. The molecule has 0 radical (unpaired) electrons. The fourth-order valence-corrected chi connectivity index (χ4v) is 1.29. The number of hydrogen-bond acceptors (Lipinski definition) is 5. The highest BCUT2D eigenvalue weighted by molar-refractivity contribution is 7.48. The van der Waals surface area contributed by atoms with Gasteiger partial charge in [0.05, 0.1) is 0 Å². The Morgan fingerprint density at radius 2 is 1.75 bits per heavy atom. The molecule has 0 saturated heterocycles. The van der Waals surface area contributed by atoms with Gasteiger partial charge >= 0.3 is 7.82 Å². The van der Waals surface area contributed by atoms with E-state index in [0.29, 0.717) is 0 Å². The van der Waals surface area contributed by atoms with E-state index in [2.05, 4.69) is 9.05 Å². The van der Waals surface area contributed by atoms with Gasteiger partial charge in [0.25, 0.3) is 0 Å². The molecule has 72 valence electrons. The van der Waals surface area contributed by atoms with Crippen LogP contribution >= 0.6 is 7.82 Å². The highest BCUT2D eigenvalue weighted by atomic mass is 31.2. The molecule has 0 rings (SSSR count). The summed E-state index contributed by atoms with van der Waals surface area (Å²) in [6.07, 6.45) is -0.782. The van der Waals surface area contributed by atoms with Crippen molar-refractivity contribution in [2.75, 3.05) is 14.2 Å². The van der Waals surface area contributed by atoms with Crippen molar-refractivity contribution in [1.82, 2.24) is 0 Å². The van der Waals surface area contributed by atoms with Crippen molar-refractivity contribution < 1.29 is 22.9 Å². The number of phosphoric ester groups is 1. The van der Waals surface area contributed by atoms with Crippen LogP contribution in [0.4, 0.5) is 0 Å². The Labute approximate surface area is 71.6 Å². The number of carbonyl (C=O) groups is 1. The second kappa shape index (κ2) is 4.72. The summed E-state index contributed by atoms with van der Waals surface area (Å²) in [5, 5.41) is 0. The lowest BCUT2D eigenvalue weighted by Gasteiger charge is -2.16. The molecule has 5 nitrogen and oxygen atoms in total. The van der Waals surface area contributed by atoms with E-state index in [1.54, 1.807) is 0 Å². The smallest absolute Gasteiger partial charge is 0.297 e. The summed E-state index contributed by atoms with van der Waals surface area (Å²) in [5.74, 6) is -0.232. The second-order valence-corrected chi connectivity index (χ2v) is 4.01. The third-order valence-corrected chi connectivity index (χ3v) is 2.78. The summed E-state index contributed by atoms with van der Waals surface area (Å²) in [6.45, 7) is 2.81. The van der Waals surface area contributed by atoms with Gasteiger partial charge in [0.1, 0.15) is 6.10 Å². The molecule has 0 spiro atoms. The average Bonchev–Trinajstić information content (AvgIpc) is 2.04. The molecule has 0 unspecified atom stereocenters. The molecule has 0 aromatic carbocycles. The molecule has 1 atom stereocenters. The predicted molar refractivity (Wildman–Crippen MR) is 42.9 cm³/mol. The van der Waals surface area contributed by atoms with Crippen LogP contribution in [0.3, 0.4) is 0 Å². The van der Waals surface area contributed by atoms with Crippen molar-refractivity contribution in [2.24, 2.45) is 0 Å². The highest BCUT2D eigenvalue weighted by Crippen LogP contribution is 2.48. The maximum atomic E-state index is 11.2. The van der Waals surface area contributed by atoms with E-state index in [1.807, 2.05) is 0 Å². The van der Waals surface area contributed by atoms with Crippen LogP contribution in [-0.2, 0) is 22.9 Å². The minimum atomic E-state index is -3.51. The first-order chi connectivity index (χ1) is 5.45. The maximum absolute atomic E-state index is 11.2. The van der Waals surface area contributed by atoms with Crippen molar-refractivity contribution in [1.29, 1.82) is 0 Å². The molecule has 0 amide bonds. The molecule has 0 aliphatic carbocycles. The molecule has 0 aliphatic heterocycles. The molecule has 0 aromatic heterocycles. The third kappa shape index (κ3) is 3.45. The SMILES string of the molecule is COP(=O)(OC)O[C@H](C)C(C)=O. The lowest BCUT2D eigenvalue weighted by molar-refractivity contribution is -0.123. The van der Waals surface area contributed by atoms with E-state index in [0.717, 1.165) is 0 Å². The minimum absolute atomic E-state index is 0.232. The van der Waals surface area contributed by atoms with E-state index in [1.165, 1.54) is 28.1 Å². The van der Waals surface area contributed by atoms with Gasteiger partial charge < -0.3 is 0 Å². The van der Waals surface area contributed by atoms with E-state index in [4.69, 9.17) is 4.52 Å². The van der Waals surface area contributed by atoms with E-state index in [9.17, 15) is 9.36 Å². The first kappa shape index (κ1) is 11.8. The van der Waals surface area contributed by atoms with Crippen LogP contribution in [0.2, 0.25) is 0 Å². The number of Topliss-reactive ketones (excluding diaryl/α,β-unsaturated/α-hetero) is 1. The number of carbonyl (C=O) groups excluding carboxylic acids is 1. The van der Waals surface area contributed by atoms with Crippen molar-refractivity contribution in [2.45, 2.75) is 20.0 Å². The number of hydrogen-bond donors (Lipinski definition) is 0. The topological polar surface area (TPSA) is 61.8 Å². The monoisotopic (exact) mass is 196 g/mol. The van der Waals surface area contributed by atoms with Crippen LogP contribution in [0.15, 0.2) is 0 Å². The van der Waals surface area contributed by atoms with Gasteiger partial charge in [-0.25, -0.2) is 4.57 Å². The Bertz CT molecular complexity index is 194. The summed E-state index contributed by atoms with van der Waals surface area (Å²) < 4.78 is 24.9. The normalized spacial score (nSPS) is 14.3. The first-order valence-electron chi connectivity index (χ1n) is 3.35. The second-order valence-electron chi connectivity index (χ2n) is 2.17. The molecule has 6 heteroatoms. The van der Waals surface area contributed by atoms with Gasteiger partial charge in [0.15, 0.2) is 5.78 Å². The van der Waals surface area contributed by atoms with Crippen LogP contribution in [0.25, 0.3) is 0 Å². The van der Waals surface area contributed by atoms with Gasteiger partial charge in [-0.2, -0.15) is 0 Å². The Hall–Kier alpha value is -0.220. The molecule has 12 heavy (non-hydrogen) atoms. The van der Waals surface area contributed by atoms with E-state index < -0.39 is 13.9 Å². The Kier molecular flexibility index (Phi) is 4.63. The zero-order valence-corrected chi connectivity index (χ0v) is 8.46. The summed E-state index contributed by atoms with van der Waals surface area (Å²) >= 11 is 0. The summed E-state index contributed by atoms with van der Waals surface area (Å²) in [4.78, 5) is 10.7. The standard InChI is InChI=1S/C6H13O5P/c1-5(7)6(2)11-12(8,9-3)10-4/h6H,1-4H3/t6-/m1/s1. The third-order valence-electron chi connectivity index (χ3n) is 1.31. The highest BCUT2D eigenvalue weighted by Gasteiger charge is 2.27. The fourth-order valence-electron chi connectivity index (χ4n) is 0.428. The fraction of sp³-hybridized carbons (Fsp3) is 0.833. The lowest BCUT2D eigenvalue weighted by Crippen LogP contribution is -2.16. The quantitative estimate of drug-likeness (QED) is 0.621. The van der Waals surface area contributed by atoms with Crippen molar-refractivity contribution in [3.05, 3.63) is 0 Å². The first-order valence-corrected chi connectivity index (χ1v) is 4.81. The van der Waals surface area contributed by atoms with Crippen molar-refractivity contribution >= 4 is 13.6 Å². The van der Waals surface area contributed by atoms with Gasteiger partial charge in [-0.15, -0.1) is 0 Å². The van der Waals surface area contributed by atoms with E-state index >= 15 is 0 Å². The zero-order valence-electron chi connectivity index (χ0n) is 7.57. The minimum Gasteiger partial charge on any atom is -0.297 e. The van der Waals surface area contributed by atoms with Crippen LogP contribution in [-0.4, -0.2) is 26.1 Å².